The highest BCUT2D eigenvalue weighted by Gasteiger charge is 2.49. The van der Waals surface area contributed by atoms with Crippen molar-refractivity contribution in [1.82, 2.24) is 0 Å². The van der Waals surface area contributed by atoms with Gasteiger partial charge in [0.2, 0.25) is 5.78 Å². The van der Waals surface area contributed by atoms with Crippen molar-refractivity contribution in [2.45, 2.75) is 38.7 Å². The third kappa shape index (κ3) is 4.59. The number of allylic oxidation sites excluding steroid dienone is 1. The molecule has 5 nitrogen and oxygen atoms in total. The largest absolute Gasteiger partial charge is 0.497 e. The van der Waals surface area contributed by atoms with Crippen molar-refractivity contribution < 1.29 is 23.8 Å². The van der Waals surface area contributed by atoms with Gasteiger partial charge in [0.25, 0.3) is 0 Å². The number of rotatable bonds is 6. The van der Waals surface area contributed by atoms with Crippen molar-refractivity contribution in [1.29, 1.82) is 0 Å². The predicted molar refractivity (Wildman–Crippen MR) is 133 cm³/mol. The minimum absolute atomic E-state index is 0.0423. The molecule has 0 bridgehead atoms. The average Bonchev–Trinajstić information content (AvgIpc) is 3.23. The van der Waals surface area contributed by atoms with Crippen molar-refractivity contribution in [3.63, 3.8) is 0 Å². The molecule has 2 unspecified atom stereocenters. The van der Waals surface area contributed by atoms with E-state index in [1.165, 1.54) is 0 Å². The summed E-state index contributed by atoms with van der Waals surface area (Å²) in [6.07, 6.45) is 0.227. The summed E-state index contributed by atoms with van der Waals surface area (Å²) >= 11 is 0. The monoisotopic (exact) mass is 468 g/mol. The number of carbonyl (C=O) groups is 2. The van der Waals surface area contributed by atoms with Crippen LogP contribution in [0.1, 0.15) is 48.5 Å². The summed E-state index contributed by atoms with van der Waals surface area (Å²) in [6, 6.07) is 24.1. The Morgan fingerprint density at radius 1 is 0.886 bits per heavy atom. The van der Waals surface area contributed by atoms with E-state index in [0.717, 1.165) is 5.56 Å². The third-order valence-electron chi connectivity index (χ3n) is 6.59. The highest BCUT2D eigenvalue weighted by atomic mass is 16.5. The van der Waals surface area contributed by atoms with E-state index in [0.29, 0.717) is 47.0 Å². The minimum Gasteiger partial charge on any atom is -0.497 e. The van der Waals surface area contributed by atoms with Crippen LogP contribution < -0.4 is 9.47 Å². The van der Waals surface area contributed by atoms with Gasteiger partial charge in [0, 0.05) is 24.0 Å². The number of hydrogen-bond donors (Lipinski definition) is 0. The maximum atomic E-state index is 13.7. The van der Waals surface area contributed by atoms with Crippen molar-refractivity contribution in [2.75, 3.05) is 7.11 Å². The second-order valence-corrected chi connectivity index (χ2v) is 9.87. The van der Waals surface area contributed by atoms with Gasteiger partial charge in [0.05, 0.1) is 13.0 Å². The standard InChI is InChI=1S/C30H28O5/c1-30(2)17-24(31)27-25(18-30)35-29(28(32)19-12-14-21(33-3)15-13-19)26(27)20-8-7-11-23(16-20)34-22-9-5-4-6-10-22/h4-16,26,29H,17-18H2,1-3H3. The van der Waals surface area contributed by atoms with Crippen LogP contribution in [0.2, 0.25) is 0 Å². The zero-order chi connectivity index (χ0) is 24.6. The molecule has 0 amide bonds. The second kappa shape index (κ2) is 9.06. The van der Waals surface area contributed by atoms with E-state index in [1.54, 1.807) is 31.4 Å². The van der Waals surface area contributed by atoms with Gasteiger partial charge in [-0.3, -0.25) is 9.59 Å². The second-order valence-electron chi connectivity index (χ2n) is 9.87. The topological polar surface area (TPSA) is 61.8 Å². The van der Waals surface area contributed by atoms with Crippen LogP contribution in [0.3, 0.4) is 0 Å². The maximum Gasteiger partial charge on any atom is 0.204 e. The smallest absolute Gasteiger partial charge is 0.204 e. The van der Waals surface area contributed by atoms with Gasteiger partial charge in [-0.05, 0) is 59.5 Å². The molecule has 5 rings (SSSR count). The van der Waals surface area contributed by atoms with Gasteiger partial charge in [0.1, 0.15) is 23.0 Å². The Balaban J connectivity index is 1.54. The Hall–Kier alpha value is -3.86. The number of hydrogen-bond acceptors (Lipinski definition) is 5. The van der Waals surface area contributed by atoms with Gasteiger partial charge in [-0.15, -0.1) is 0 Å². The number of benzene rings is 3. The molecule has 0 fully saturated rings. The molecule has 0 aromatic heterocycles. The Morgan fingerprint density at radius 2 is 1.60 bits per heavy atom. The number of ketones is 2. The van der Waals surface area contributed by atoms with E-state index in [9.17, 15) is 9.59 Å². The highest BCUT2D eigenvalue weighted by Crippen LogP contribution is 2.50. The molecule has 0 radical (unpaired) electrons. The van der Waals surface area contributed by atoms with E-state index in [2.05, 4.69) is 13.8 Å². The van der Waals surface area contributed by atoms with Gasteiger partial charge < -0.3 is 14.2 Å². The fraction of sp³-hybridized carbons (Fsp3) is 0.267. The lowest BCUT2D eigenvalue weighted by molar-refractivity contribution is -0.118. The lowest BCUT2D eigenvalue weighted by atomic mass is 9.72. The molecule has 0 spiro atoms. The Kier molecular flexibility index (Phi) is 5.93. The SMILES string of the molecule is COc1ccc(C(=O)C2OC3=C(C(=O)CC(C)(C)C3)C2c2cccc(Oc3ccccc3)c2)cc1. The molecule has 178 valence electrons. The van der Waals surface area contributed by atoms with Crippen LogP contribution in [0.15, 0.2) is 90.2 Å². The molecule has 1 heterocycles. The summed E-state index contributed by atoms with van der Waals surface area (Å²) in [6.45, 7) is 4.11. The van der Waals surface area contributed by atoms with E-state index < -0.39 is 12.0 Å². The first-order valence-corrected chi connectivity index (χ1v) is 11.8. The van der Waals surface area contributed by atoms with Crippen LogP contribution in [-0.2, 0) is 9.53 Å². The number of Topliss-reactive ketones (excluding diaryl/α,β-unsaturated/α-hetero) is 2. The number of para-hydroxylation sites is 1. The van der Waals surface area contributed by atoms with Crippen LogP contribution in [-0.4, -0.2) is 24.8 Å². The van der Waals surface area contributed by atoms with Gasteiger partial charge in [-0.1, -0.05) is 44.2 Å². The van der Waals surface area contributed by atoms with Crippen molar-refractivity contribution in [3.05, 3.63) is 101 Å². The molecule has 0 saturated heterocycles. The van der Waals surface area contributed by atoms with Gasteiger partial charge >= 0.3 is 0 Å². The molecule has 3 aromatic rings. The summed E-state index contributed by atoms with van der Waals surface area (Å²) in [5.74, 6) is 2.05. The molecular weight excluding hydrogens is 440 g/mol. The molecule has 2 aliphatic rings. The van der Waals surface area contributed by atoms with Crippen LogP contribution in [0, 0.1) is 5.41 Å². The quantitative estimate of drug-likeness (QED) is 0.387. The first-order valence-electron chi connectivity index (χ1n) is 11.8. The number of methoxy groups -OCH3 is 1. The normalized spacial score (nSPS) is 20.7. The lowest BCUT2D eigenvalue weighted by Crippen LogP contribution is -2.29. The number of ether oxygens (including phenoxy) is 3. The zero-order valence-electron chi connectivity index (χ0n) is 20.1. The maximum absolute atomic E-state index is 13.7. The Bertz CT molecular complexity index is 1290. The summed E-state index contributed by atoms with van der Waals surface area (Å²) in [4.78, 5) is 27.0. The first-order chi connectivity index (χ1) is 16.8. The van der Waals surface area contributed by atoms with Gasteiger partial charge in [0.15, 0.2) is 11.9 Å². The van der Waals surface area contributed by atoms with E-state index in [1.807, 2.05) is 54.6 Å². The molecule has 5 heteroatoms. The predicted octanol–water partition coefficient (Wildman–Crippen LogP) is 6.50. The third-order valence-corrected chi connectivity index (χ3v) is 6.59. The summed E-state index contributed by atoms with van der Waals surface area (Å²) in [5, 5.41) is 0. The highest BCUT2D eigenvalue weighted by molar-refractivity contribution is 6.05. The molecule has 1 aliphatic carbocycles. The molecule has 3 aromatic carbocycles. The van der Waals surface area contributed by atoms with Crippen molar-refractivity contribution in [3.8, 4) is 17.2 Å². The molecular formula is C30H28O5. The van der Waals surface area contributed by atoms with Gasteiger partial charge in [-0.2, -0.15) is 0 Å². The molecule has 0 N–H and O–H groups in total. The van der Waals surface area contributed by atoms with E-state index in [-0.39, 0.29) is 17.0 Å². The summed E-state index contributed by atoms with van der Waals surface area (Å²) in [5.41, 5.74) is 1.75. The Morgan fingerprint density at radius 3 is 2.31 bits per heavy atom. The molecule has 1 aliphatic heterocycles. The zero-order valence-corrected chi connectivity index (χ0v) is 20.1. The molecule has 2 atom stereocenters. The molecule has 35 heavy (non-hydrogen) atoms. The first kappa shape index (κ1) is 22.9. The van der Waals surface area contributed by atoms with Crippen molar-refractivity contribution >= 4 is 11.6 Å². The fourth-order valence-electron chi connectivity index (χ4n) is 4.96. The van der Waals surface area contributed by atoms with E-state index >= 15 is 0 Å². The van der Waals surface area contributed by atoms with Crippen LogP contribution >= 0.6 is 0 Å². The summed E-state index contributed by atoms with van der Waals surface area (Å²) in [7, 11) is 1.59. The Labute approximate surface area is 205 Å². The minimum atomic E-state index is -0.821. The summed E-state index contributed by atoms with van der Waals surface area (Å²) < 4.78 is 17.6. The lowest BCUT2D eigenvalue weighted by Gasteiger charge is -2.29. The average molecular weight is 469 g/mol. The molecule has 0 saturated carbocycles. The van der Waals surface area contributed by atoms with Crippen molar-refractivity contribution in [2.24, 2.45) is 5.41 Å². The van der Waals surface area contributed by atoms with E-state index in [4.69, 9.17) is 14.2 Å². The fourth-order valence-corrected chi connectivity index (χ4v) is 4.96. The van der Waals surface area contributed by atoms with Crippen LogP contribution in [0.4, 0.5) is 0 Å². The van der Waals surface area contributed by atoms with Crippen LogP contribution in [0.25, 0.3) is 0 Å². The number of carbonyl (C=O) groups excluding carboxylic acids is 2. The van der Waals surface area contributed by atoms with Gasteiger partial charge in [-0.25, -0.2) is 0 Å². The van der Waals surface area contributed by atoms with Crippen LogP contribution in [0.5, 0.6) is 17.2 Å².